The number of carbonyl (C=O) groups excluding carboxylic acids is 1. The van der Waals surface area contributed by atoms with Crippen LogP contribution in [0.2, 0.25) is 0 Å². The maximum Gasteiger partial charge on any atom is 0.335 e. The standard InChI is InChI=1S/C14H16N2O5/c1-14(2-3-15-7-14)13(21)16-10-5-8(11(17)18)4-9(6-10)12(19)20/h4-6,15H,2-3,7H2,1H3,(H,16,21)(H,17,18)(H,19,20). The lowest BCUT2D eigenvalue weighted by molar-refractivity contribution is -0.123. The van der Waals surface area contributed by atoms with E-state index in [9.17, 15) is 14.4 Å². The number of aromatic carboxylic acids is 2. The third kappa shape index (κ3) is 3.19. The van der Waals surface area contributed by atoms with E-state index in [2.05, 4.69) is 10.6 Å². The van der Waals surface area contributed by atoms with Crippen molar-refractivity contribution in [2.75, 3.05) is 18.4 Å². The minimum absolute atomic E-state index is 0.172. The molecule has 7 nitrogen and oxygen atoms in total. The lowest BCUT2D eigenvalue weighted by atomic mass is 9.88. The summed E-state index contributed by atoms with van der Waals surface area (Å²) in [5.74, 6) is -2.75. The average molecular weight is 292 g/mol. The summed E-state index contributed by atoms with van der Waals surface area (Å²) in [5, 5.41) is 23.7. The summed E-state index contributed by atoms with van der Waals surface area (Å²) >= 11 is 0. The number of anilines is 1. The first-order chi connectivity index (χ1) is 9.82. The van der Waals surface area contributed by atoms with Gasteiger partial charge in [-0.25, -0.2) is 9.59 Å². The van der Waals surface area contributed by atoms with Gasteiger partial charge >= 0.3 is 11.9 Å². The Bertz CT molecular complexity index is 573. The quantitative estimate of drug-likeness (QED) is 0.658. The molecule has 1 unspecified atom stereocenters. The second kappa shape index (κ2) is 5.53. The molecule has 0 saturated carbocycles. The van der Waals surface area contributed by atoms with Crippen LogP contribution in [0.4, 0.5) is 5.69 Å². The van der Waals surface area contributed by atoms with Crippen LogP contribution in [0.5, 0.6) is 0 Å². The van der Waals surface area contributed by atoms with Crippen LogP contribution in [0, 0.1) is 5.41 Å². The Balaban J connectivity index is 2.28. The summed E-state index contributed by atoms with van der Waals surface area (Å²) in [5.41, 5.74) is -0.770. The first-order valence-corrected chi connectivity index (χ1v) is 6.46. The molecule has 1 amide bonds. The molecule has 1 heterocycles. The van der Waals surface area contributed by atoms with Crippen LogP contribution in [0.1, 0.15) is 34.1 Å². The van der Waals surface area contributed by atoms with Gasteiger partial charge in [-0.2, -0.15) is 0 Å². The number of hydrogen-bond acceptors (Lipinski definition) is 4. The average Bonchev–Trinajstić information content (AvgIpc) is 2.86. The van der Waals surface area contributed by atoms with Gasteiger partial charge in [0.2, 0.25) is 5.91 Å². The molecule has 7 heteroatoms. The maximum atomic E-state index is 12.3. The van der Waals surface area contributed by atoms with Gasteiger partial charge < -0.3 is 20.8 Å². The highest BCUT2D eigenvalue weighted by atomic mass is 16.4. The van der Waals surface area contributed by atoms with Gasteiger partial charge in [-0.3, -0.25) is 4.79 Å². The van der Waals surface area contributed by atoms with E-state index >= 15 is 0 Å². The van der Waals surface area contributed by atoms with Crippen LogP contribution in [-0.4, -0.2) is 41.1 Å². The molecule has 1 aromatic carbocycles. The molecular formula is C14H16N2O5. The van der Waals surface area contributed by atoms with E-state index in [1.165, 1.54) is 12.1 Å². The Morgan fingerprint density at radius 2 is 1.71 bits per heavy atom. The Morgan fingerprint density at radius 3 is 2.14 bits per heavy atom. The number of amides is 1. The van der Waals surface area contributed by atoms with E-state index in [1.807, 2.05) is 6.92 Å². The second-order valence-electron chi connectivity index (χ2n) is 5.35. The zero-order chi connectivity index (χ0) is 15.6. The molecule has 1 saturated heterocycles. The van der Waals surface area contributed by atoms with Crippen molar-refractivity contribution < 1.29 is 24.6 Å². The highest BCUT2D eigenvalue weighted by Crippen LogP contribution is 2.27. The fourth-order valence-electron chi connectivity index (χ4n) is 2.24. The van der Waals surface area contributed by atoms with E-state index in [0.717, 1.165) is 12.6 Å². The van der Waals surface area contributed by atoms with E-state index < -0.39 is 17.4 Å². The zero-order valence-electron chi connectivity index (χ0n) is 11.5. The van der Waals surface area contributed by atoms with Gasteiger partial charge in [0.25, 0.3) is 0 Å². The third-order valence-electron chi connectivity index (χ3n) is 3.60. The van der Waals surface area contributed by atoms with Crippen molar-refractivity contribution in [2.45, 2.75) is 13.3 Å². The minimum atomic E-state index is -1.25. The van der Waals surface area contributed by atoms with Crippen molar-refractivity contribution >= 4 is 23.5 Å². The highest BCUT2D eigenvalue weighted by molar-refractivity contribution is 6.00. The van der Waals surface area contributed by atoms with Gasteiger partial charge in [-0.15, -0.1) is 0 Å². The first-order valence-electron chi connectivity index (χ1n) is 6.46. The van der Waals surface area contributed by atoms with Crippen LogP contribution in [0.15, 0.2) is 18.2 Å². The second-order valence-corrected chi connectivity index (χ2v) is 5.35. The lowest BCUT2D eigenvalue weighted by Crippen LogP contribution is -2.35. The van der Waals surface area contributed by atoms with Crippen molar-refractivity contribution in [3.63, 3.8) is 0 Å². The molecule has 0 aliphatic carbocycles. The van der Waals surface area contributed by atoms with Crippen LogP contribution in [-0.2, 0) is 4.79 Å². The molecule has 112 valence electrons. The van der Waals surface area contributed by atoms with Crippen molar-refractivity contribution in [1.29, 1.82) is 0 Å². The van der Waals surface area contributed by atoms with E-state index in [0.29, 0.717) is 13.0 Å². The summed E-state index contributed by atoms with van der Waals surface area (Å²) in [7, 11) is 0. The van der Waals surface area contributed by atoms with Crippen molar-refractivity contribution in [2.24, 2.45) is 5.41 Å². The molecule has 1 fully saturated rings. The molecule has 4 N–H and O–H groups in total. The Kier molecular flexibility index (Phi) is 3.95. The summed E-state index contributed by atoms with van der Waals surface area (Å²) in [6, 6.07) is 3.55. The summed E-state index contributed by atoms with van der Waals surface area (Å²) in [6.07, 6.45) is 0.670. The van der Waals surface area contributed by atoms with Gasteiger partial charge in [0.05, 0.1) is 16.5 Å². The fraction of sp³-hybridized carbons (Fsp3) is 0.357. The number of nitrogens with one attached hydrogen (secondary N) is 2. The topological polar surface area (TPSA) is 116 Å². The van der Waals surface area contributed by atoms with Crippen molar-refractivity contribution in [3.8, 4) is 0 Å². The van der Waals surface area contributed by atoms with Gasteiger partial charge in [0.1, 0.15) is 0 Å². The number of rotatable bonds is 4. The molecule has 1 aliphatic heterocycles. The molecule has 1 aliphatic rings. The van der Waals surface area contributed by atoms with Gasteiger partial charge in [-0.05, 0) is 38.1 Å². The molecule has 1 aromatic rings. The minimum Gasteiger partial charge on any atom is -0.478 e. The molecular weight excluding hydrogens is 276 g/mol. The molecule has 2 rings (SSSR count). The molecule has 0 aromatic heterocycles. The van der Waals surface area contributed by atoms with Crippen molar-refractivity contribution in [1.82, 2.24) is 5.32 Å². The molecule has 0 spiro atoms. The Morgan fingerprint density at radius 1 is 1.14 bits per heavy atom. The highest BCUT2D eigenvalue weighted by Gasteiger charge is 2.36. The molecule has 0 bridgehead atoms. The third-order valence-corrected chi connectivity index (χ3v) is 3.60. The van der Waals surface area contributed by atoms with Crippen LogP contribution >= 0.6 is 0 Å². The number of carboxylic acids is 2. The summed E-state index contributed by atoms with van der Waals surface area (Å²) < 4.78 is 0. The van der Waals surface area contributed by atoms with E-state index in [4.69, 9.17) is 10.2 Å². The molecule has 0 radical (unpaired) electrons. The van der Waals surface area contributed by atoms with Gasteiger partial charge in [0.15, 0.2) is 0 Å². The predicted molar refractivity (Wildman–Crippen MR) is 74.6 cm³/mol. The largest absolute Gasteiger partial charge is 0.478 e. The van der Waals surface area contributed by atoms with Crippen LogP contribution in [0.25, 0.3) is 0 Å². The SMILES string of the molecule is CC1(C(=O)Nc2cc(C(=O)O)cc(C(=O)O)c2)CCNC1. The zero-order valence-corrected chi connectivity index (χ0v) is 11.5. The van der Waals surface area contributed by atoms with Crippen molar-refractivity contribution in [3.05, 3.63) is 29.3 Å². The smallest absolute Gasteiger partial charge is 0.335 e. The molecule has 1 atom stereocenters. The predicted octanol–water partition coefficient (Wildman–Crippen LogP) is 1.02. The maximum absolute atomic E-state index is 12.3. The first kappa shape index (κ1) is 15.0. The Labute approximate surface area is 121 Å². The number of carboxylic acid groups (broad SMARTS) is 2. The summed E-state index contributed by atoms with van der Waals surface area (Å²) in [6.45, 7) is 3.07. The number of benzene rings is 1. The number of hydrogen-bond donors (Lipinski definition) is 4. The van der Waals surface area contributed by atoms with Crippen LogP contribution < -0.4 is 10.6 Å². The van der Waals surface area contributed by atoms with E-state index in [1.54, 1.807) is 0 Å². The van der Waals surface area contributed by atoms with E-state index in [-0.39, 0.29) is 22.7 Å². The monoisotopic (exact) mass is 292 g/mol. The lowest BCUT2D eigenvalue weighted by Gasteiger charge is -2.21. The normalized spacial score (nSPS) is 21.0. The van der Waals surface area contributed by atoms with Gasteiger partial charge in [-0.1, -0.05) is 0 Å². The Hall–Kier alpha value is -2.41. The van der Waals surface area contributed by atoms with Gasteiger partial charge in [0, 0.05) is 12.2 Å². The molecule has 21 heavy (non-hydrogen) atoms. The summed E-state index contributed by atoms with van der Waals surface area (Å²) in [4.78, 5) is 34.3. The van der Waals surface area contributed by atoms with Crippen LogP contribution in [0.3, 0.4) is 0 Å². The fourth-order valence-corrected chi connectivity index (χ4v) is 2.24. The number of carbonyl (C=O) groups is 3.